The van der Waals surface area contributed by atoms with Gasteiger partial charge in [-0.2, -0.15) is 0 Å². The Morgan fingerprint density at radius 2 is 1.59 bits per heavy atom. The van der Waals surface area contributed by atoms with Gasteiger partial charge in [-0.1, -0.05) is 75.2 Å². The van der Waals surface area contributed by atoms with Crippen molar-refractivity contribution in [2.45, 2.75) is 79.7 Å². The van der Waals surface area contributed by atoms with Gasteiger partial charge in [0.2, 0.25) is 0 Å². The number of carboxylic acids is 1. The van der Waals surface area contributed by atoms with Gasteiger partial charge in [-0.25, -0.2) is 0 Å². The molecule has 0 saturated carbocycles. The lowest BCUT2D eigenvalue weighted by Gasteiger charge is -2.23. The molecule has 1 unspecified atom stereocenters. The van der Waals surface area contributed by atoms with Crippen LogP contribution < -0.4 is 5.73 Å². The molecule has 0 saturated heterocycles. The standard InChI is InChI=1S/C15H24ClN.C7H10O.C3H6.C2H4O2/c1-3-6-13(7-4-2)15(17)11-12-8-5-9-14(16)10-12;1-4-7(5-2)6(3)8;1-3-2;1-2(3)4/h5,8-10,13,15H,3-4,6-7,11,17H2,1-2H3;4-5H,1H2,2-3H3;3H,1H2,2H3;1H3,(H,3,4)/b;7-5+;;. The molecule has 1 aromatic carbocycles. The summed E-state index contributed by atoms with van der Waals surface area (Å²) in [5.74, 6) is -0.119. The van der Waals surface area contributed by atoms with Crippen molar-refractivity contribution in [3.8, 4) is 0 Å². The number of carbonyl (C=O) groups is 2. The maximum atomic E-state index is 10.5. The van der Waals surface area contributed by atoms with Crippen molar-refractivity contribution in [1.29, 1.82) is 0 Å². The fourth-order valence-electron chi connectivity index (χ4n) is 2.88. The van der Waals surface area contributed by atoms with Crippen LogP contribution in [0.1, 0.15) is 72.8 Å². The fourth-order valence-corrected chi connectivity index (χ4v) is 3.09. The van der Waals surface area contributed by atoms with Crippen LogP contribution in [0.3, 0.4) is 0 Å². The number of allylic oxidation sites excluding steroid dienone is 4. The lowest BCUT2D eigenvalue weighted by atomic mass is 9.87. The van der Waals surface area contributed by atoms with Crippen LogP contribution in [0.15, 0.2) is 61.2 Å². The minimum Gasteiger partial charge on any atom is -0.481 e. The third-order valence-corrected chi connectivity index (χ3v) is 4.46. The zero-order valence-electron chi connectivity index (χ0n) is 20.9. The van der Waals surface area contributed by atoms with Gasteiger partial charge in [-0.15, -0.1) is 6.58 Å². The van der Waals surface area contributed by atoms with Gasteiger partial charge >= 0.3 is 0 Å². The molecular formula is C27H44ClNO3. The Hall–Kier alpha value is -2.17. The highest BCUT2D eigenvalue weighted by molar-refractivity contribution is 6.30. The molecule has 0 aliphatic heterocycles. The van der Waals surface area contributed by atoms with Crippen LogP contribution in [0, 0.1) is 5.92 Å². The summed E-state index contributed by atoms with van der Waals surface area (Å²) in [6.45, 7) is 17.6. The summed E-state index contributed by atoms with van der Waals surface area (Å²) in [5, 5.41) is 8.22. The molecule has 0 fully saturated rings. The van der Waals surface area contributed by atoms with Crippen molar-refractivity contribution in [1.82, 2.24) is 0 Å². The predicted molar refractivity (Wildman–Crippen MR) is 140 cm³/mol. The highest BCUT2D eigenvalue weighted by atomic mass is 35.5. The Balaban J connectivity index is -0.000000464. The van der Waals surface area contributed by atoms with Gasteiger partial charge in [0, 0.05) is 23.6 Å². The highest BCUT2D eigenvalue weighted by Gasteiger charge is 2.16. The zero-order chi connectivity index (χ0) is 25.5. The Morgan fingerprint density at radius 1 is 1.12 bits per heavy atom. The number of hydrogen-bond donors (Lipinski definition) is 2. The molecule has 3 N–H and O–H groups in total. The first-order valence-corrected chi connectivity index (χ1v) is 11.5. The fraction of sp³-hybridized carbons (Fsp3) is 0.481. The van der Waals surface area contributed by atoms with E-state index in [-0.39, 0.29) is 11.8 Å². The van der Waals surface area contributed by atoms with Crippen molar-refractivity contribution in [2.75, 3.05) is 0 Å². The van der Waals surface area contributed by atoms with E-state index in [1.165, 1.54) is 38.2 Å². The number of nitrogens with two attached hydrogens (primary N) is 1. The van der Waals surface area contributed by atoms with Crippen molar-refractivity contribution >= 4 is 23.4 Å². The molecule has 182 valence electrons. The van der Waals surface area contributed by atoms with Crippen LogP contribution in [0.2, 0.25) is 5.02 Å². The van der Waals surface area contributed by atoms with E-state index in [4.69, 9.17) is 27.2 Å². The smallest absolute Gasteiger partial charge is 0.300 e. The number of aliphatic carboxylic acids is 1. The second kappa shape index (κ2) is 23.5. The lowest BCUT2D eigenvalue weighted by Crippen LogP contribution is -2.32. The zero-order valence-corrected chi connectivity index (χ0v) is 21.6. The monoisotopic (exact) mass is 465 g/mol. The molecule has 1 rings (SSSR count). The summed E-state index contributed by atoms with van der Waals surface area (Å²) in [7, 11) is 0. The van der Waals surface area contributed by atoms with Crippen molar-refractivity contribution < 1.29 is 14.7 Å². The molecule has 0 aliphatic rings. The van der Waals surface area contributed by atoms with E-state index in [0.717, 1.165) is 18.4 Å². The SMILES string of the molecule is C=C/C(=C\C)C(C)=O.C=CC.CC(=O)O.CCCC(CCC)C(N)Cc1cccc(Cl)c1. The summed E-state index contributed by atoms with van der Waals surface area (Å²) < 4.78 is 0. The quantitative estimate of drug-likeness (QED) is 0.226. The van der Waals surface area contributed by atoms with Gasteiger partial charge in [0.15, 0.2) is 5.78 Å². The number of Topliss-reactive ketones (excluding diaryl/α,β-unsaturated/α-hetero) is 1. The summed E-state index contributed by atoms with van der Waals surface area (Å²) in [4.78, 5) is 19.5. The van der Waals surface area contributed by atoms with Crippen LogP contribution in [-0.4, -0.2) is 22.9 Å². The van der Waals surface area contributed by atoms with E-state index in [1.54, 1.807) is 18.2 Å². The molecule has 5 heteroatoms. The largest absolute Gasteiger partial charge is 0.481 e. The lowest BCUT2D eigenvalue weighted by molar-refractivity contribution is -0.134. The van der Waals surface area contributed by atoms with E-state index in [2.05, 4.69) is 33.1 Å². The number of carbonyl (C=O) groups excluding carboxylic acids is 1. The van der Waals surface area contributed by atoms with Crippen molar-refractivity contribution in [3.63, 3.8) is 0 Å². The van der Waals surface area contributed by atoms with Crippen LogP contribution in [0.25, 0.3) is 0 Å². The molecule has 0 bridgehead atoms. The first-order chi connectivity index (χ1) is 15.0. The van der Waals surface area contributed by atoms with Gasteiger partial charge in [0.25, 0.3) is 5.97 Å². The molecule has 1 atom stereocenters. The number of benzene rings is 1. The summed E-state index contributed by atoms with van der Waals surface area (Å²) in [5.41, 5.74) is 8.27. The topological polar surface area (TPSA) is 80.4 Å². The summed E-state index contributed by atoms with van der Waals surface area (Å²) in [6, 6.07) is 8.30. The van der Waals surface area contributed by atoms with Gasteiger partial charge in [0.1, 0.15) is 0 Å². The Bertz CT molecular complexity index is 673. The highest BCUT2D eigenvalue weighted by Crippen LogP contribution is 2.20. The number of halogens is 1. The average Bonchev–Trinajstić information content (AvgIpc) is 2.69. The number of carboxylic acid groups (broad SMARTS) is 1. The van der Waals surface area contributed by atoms with E-state index in [0.29, 0.717) is 11.5 Å². The van der Waals surface area contributed by atoms with Crippen LogP contribution in [-0.2, 0) is 16.0 Å². The van der Waals surface area contributed by atoms with Crippen LogP contribution >= 0.6 is 11.6 Å². The summed E-state index contributed by atoms with van der Waals surface area (Å²) in [6.07, 6.45) is 10.9. The van der Waals surface area contributed by atoms with E-state index in [1.807, 2.05) is 32.0 Å². The molecule has 32 heavy (non-hydrogen) atoms. The Labute approximate surface area is 201 Å². The molecule has 0 amide bonds. The maximum Gasteiger partial charge on any atom is 0.300 e. The third kappa shape index (κ3) is 22.5. The number of ketones is 1. The first kappa shape index (κ1) is 34.4. The van der Waals surface area contributed by atoms with Crippen molar-refractivity contribution in [2.24, 2.45) is 11.7 Å². The molecular weight excluding hydrogens is 422 g/mol. The van der Waals surface area contributed by atoms with Crippen LogP contribution in [0.4, 0.5) is 0 Å². The van der Waals surface area contributed by atoms with E-state index >= 15 is 0 Å². The average molecular weight is 466 g/mol. The summed E-state index contributed by atoms with van der Waals surface area (Å²) >= 11 is 5.99. The number of hydrogen-bond acceptors (Lipinski definition) is 3. The normalized spacial score (nSPS) is 10.8. The Morgan fingerprint density at radius 3 is 1.88 bits per heavy atom. The van der Waals surface area contributed by atoms with E-state index < -0.39 is 5.97 Å². The van der Waals surface area contributed by atoms with Crippen molar-refractivity contribution in [3.05, 3.63) is 71.8 Å². The molecule has 0 aliphatic carbocycles. The van der Waals surface area contributed by atoms with Gasteiger partial charge in [0.05, 0.1) is 0 Å². The van der Waals surface area contributed by atoms with Gasteiger partial charge < -0.3 is 10.8 Å². The minimum atomic E-state index is -0.833. The second-order valence-electron chi connectivity index (χ2n) is 7.27. The minimum absolute atomic E-state index is 0.0718. The number of rotatable bonds is 9. The van der Waals surface area contributed by atoms with Gasteiger partial charge in [-0.05, 0) is 63.6 Å². The molecule has 0 radical (unpaired) electrons. The second-order valence-corrected chi connectivity index (χ2v) is 7.70. The van der Waals surface area contributed by atoms with E-state index in [9.17, 15) is 4.79 Å². The molecule has 0 aromatic heterocycles. The Kier molecular flexibility index (Phi) is 25.3. The van der Waals surface area contributed by atoms with Gasteiger partial charge in [-0.3, -0.25) is 9.59 Å². The third-order valence-electron chi connectivity index (χ3n) is 4.22. The maximum absolute atomic E-state index is 10.5. The molecule has 1 aromatic rings. The first-order valence-electron chi connectivity index (χ1n) is 11.1. The molecule has 0 spiro atoms. The molecule has 4 nitrogen and oxygen atoms in total. The van der Waals surface area contributed by atoms with Crippen LogP contribution in [0.5, 0.6) is 0 Å². The predicted octanol–water partition coefficient (Wildman–Crippen LogP) is 7.42. The molecule has 0 heterocycles.